The lowest BCUT2D eigenvalue weighted by atomic mass is 9.98. The van der Waals surface area contributed by atoms with E-state index in [0.717, 1.165) is 48.1 Å². The second-order valence-electron chi connectivity index (χ2n) is 5.25. The molecule has 6 nitrogen and oxygen atoms in total. The molecule has 1 aromatic heterocycles. The predicted octanol–water partition coefficient (Wildman–Crippen LogP) is 1.48. The van der Waals surface area contributed by atoms with Crippen LogP contribution in [0.4, 0.5) is 0 Å². The van der Waals surface area contributed by atoms with Gasteiger partial charge in [0.25, 0.3) is 0 Å². The maximum absolute atomic E-state index is 5.77. The quantitative estimate of drug-likeness (QED) is 0.922. The van der Waals surface area contributed by atoms with Crippen LogP contribution >= 0.6 is 0 Å². The smallest absolute Gasteiger partial charge is 0.167 e. The zero-order chi connectivity index (χ0) is 14.8. The summed E-state index contributed by atoms with van der Waals surface area (Å²) in [5.41, 5.74) is 6.67. The molecular weight excluding hydrogens is 268 g/mol. The standard InChI is InChI=1S/C15H20N4O2/c1-20-11-3-4-13(21-2)12(8-11)15-18-17-14-7-10(9-16)5-6-19(14)15/h3-4,8,10H,5-7,9,16H2,1-2H3. The van der Waals surface area contributed by atoms with Gasteiger partial charge in [0, 0.05) is 13.0 Å². The Balaban J connectivity index is 2.04. The molecule has 0 aliphatic carbocycles. The second kappa shape index (κ2) is 5.73. The molecule has 1 aromatic carbocycles. The molecule has 21 heavy (non-hydrogen) atoms. The number of ether oxygens (including phenoxy) is 2. The van der Waals surface area contributed by atoms with E-state index < -0.39 is 0 Å². The van der Waals surface area contributed by atoms with Crippen molar-refractivity contribution in [3.8, 4) is 22.9 Å². The lowest BCUT2D eigenvalue weighted by Crippen LogP contribution is -2.25. The molecule has 1 atom stereocenters. The van der Waals surface area contributed by atoms with Gasteiger partial charge in [-0.15, -0.1) is 10.2 Å². The van der Waals surface area contributed by atoms with E-state index in [1.807, 2.05) is 18.2 Å². The predicted molar refractivity (Wildman–Crippen MR) is 79.4 cm³/mol. The van der Waals surface area contributed by atoms with Crippen LogP contribution in [0.5, 0.6) is 11.5 Å². The van der Waals surface area contributed by atoms with E-state index in [1.54, 1.807) is 14.2 Å². The van der Waals surface area contributed by atoms with Crippen molar-refractivity contribution in [2.75, 3.05) is 20.8 Å². The Kier molecular flexibility index (Phi) is 3.79. The molecule has 0 saturated heterocycles. The van der Waals surface area contributed by atoms with Gasteiger partial charge in [0.05, 0.1) is 19.8 Å². The molecule has 2 heterocycles. The summed E-state index contributed by atoms with van der Waals surface area (Å²) in [6.07, 6.45) is 1.94. The van der Waals surface area contributed by atoms with E-state index in [0.29, 0.717) is 12.5 Å². The van der Waals surface area contributed by atoms with Gasteiger partial charge < -0.3 is 19.8 Å². The summed E-state index contributed by atoms with van der Waals surface area (Å²) < 4.78 is 12.9. The molecular formula is C15H20N4O2. The fourth-order valence-corrected chi connectivity index (χ4v) is 2.78. The van der Waals surface area contributed by atoms with Crippen molar-refractivity contribution in [3.05, 3.63) is 24.0 Å². The molecule has 0 saturated carbocycles. The molecule has 2 aromatic rings. The number of fused-ring (bicyclic) bond motifs is 1. The van der Waals surface area contributed by atoms with Gasteiger partial charge in [-0.05, 0) is 37.1 Å². The van der Waals surface area contributed by atoms with Crippen molar-refractivity contribution in [1.82, 2.24) is 14.8 Å². The van der Waals surface area contributed by atoms with E-state index in [2.05, 4.69) is 14.8 Å². The molecule has 0 bridgehead atoms. The summed E-state index contributed by atoms with van der Waals surface area (Å²) in [5, 5.41) is 8.68. The lowest BCUT2D eigenvalue weighted by molar-refractivity contribution is 0.389. The van der Waals surface area contributed by atoms with Crippen LogP contribution in [-0.4, -0.2) is 35.5 Å². The van der Waals surface area contributed by atoms with E-state index in [1.165, 1.54) is 0 Å². The molecule has 0 spiro atoms. The molecule has 6 heteroatoms. The fraction of sp³-hybridized carbons (Fsp3) is 0.467. The monoisotopic (exact) mass is 288 g/mol. The van der Waals surface area contributed by atoms with Crippen LogP contribution in [0.1, 0.15) is 12.2 Å². The third-order valence-corrected chi connectivity index (χ3v) is 4.04. The van der Waals surface area contributed by atoms with Crippen molar-refractivity contribution < 1.29 is 9.47 Å². The molecule has 0 fully saturated rings. The maximum atomic E-state index is 5.77. The first-order chi connectivity index (χ1) is 10.3. The molecule has 0 amide bonds. The molecule has 2 N–H and O–H groups in total. The van der Waals surface area contributed by atoms with Crippen molar-refractivity contribution in [3.63, 3.8) is 0 Å². The van der Waals surface area contributed by atoms with Crippen molar-refractivity contribution in [2.45, 2.75) is 19.4 Å². The number of aromatic nitrogens is 3. The van der Waals surface area contributed by atoms with Crippen molar-refractivity contribution >= 4 is 0 Å². The van der Waals surface area contributed by atoms with Crippen LogP contribution in [0, 0.1) is 5.92 Å². The highest BCUT2D eigenvalue weighted by atomic mass is 16.5. The number of hydrogen-bond donors (Lipinski definition) is 1. The van der Waals surface area contributed by atoms with Crippen LogP contribution in [0.2, 0.25) is 0 Å². The number of methoxy groups -OCH3 is 2. The summed E-state index contributed by atoms with van der Waals surface area (Å²) in [7, 11) is 3.31. The van der Waals surface area contributed by atoms with Gasteiger partial charge in [-0.2, -0.15) is 0 Å². The van der Waals surface area contributed by atoms with Gasteiger partial charge >= 0.3 is 0 Å². The van der Waals surface area contributed by atoms with Gasteiger partial charge in [-0.25, -0.2) is 0 Å². The van der Waals surface area contributed by atoms with Gasteiger partial charge in [0.2, 0.25) is 0 Å². The Morgan fingerprint density at radius 2 is 2.14 bits per heavy atom. The molecule has 1 aliphatic rings. The highest BCUT2D eigenvalue weighted by Crippen LogP contribution is 2.34. The van der Waals surface area contributed by atoms with Gasteiger partial charge in [-0.1, -0.05) is 0 Å². The van der Waals surface area contributed by atoms with Crippen LogP contribution < -0.4 is 15.2 Å². The Labute approximate surface area is 123 Å². The summed E-state index contributed by atoms with van der Waals surface area (Å²) in [5.74, 6) is 3.88. The van der Waals surface area contributed by atoms with E-state index in [-0.39, 0.29) is 0 Å². The maximum Gasteiger partial charge on any atom is 0.167 e. The number of nitrogens with zero attached hydrogens (tertiary/aromatic N) is 3. The minimum Gasteiger partial charge on any atom is -0.497 e. The summed E-state index contributed by atoms with van der Waals surface area (Å²) in [6.45, 7) is 1.59. The first-order valence-corrected chi connectivity index (χ1v) is 7.11. The normalized spacial score (nSPS) is 17.4. The minimum absolute atomic E-state index is 0.502. The first-order valence-electron chi connectivity index (χ1n) is 7.11. The van der Waals surface area contributed by atoms with Crippen LogP contribution in [0.3, 0.4) is 0 Å². The molecule has 0 radical (unpaired) electrons. The SMILES string of the molecule is COc1ccc(OC)c(-c2nnc3n2CCC(CN)C3)c1. The molecule has 112 valence electrons. The van der Waals surface area contributed by atoms with E-state index in [9.17, 15) is 0 Å². The van der Waals surface area contributed by atoms with E-state index >= 15 is 0 Å². The zero-order valence-electron chi connectivity index (χ0n) is 12.4. The topological polar surface area (TPSA) is 75.2 Å². The molecule has 3 rings (SSSR count). The number of nitrogens with two attached hydrogens (primary N) is 1. The minimum atomic E-state index is 0.502. The molecule has 1 unspecified atom stereocenters. The summed E-state index contributed by atoms with van der Waals surface area (Å²) >= 11 is 0. The average molecular weight is 288 g/mol. The average Bonchev–Trinajstić information content (AvgIpc) is 2.96. The van der Waals surface area contributed by atoms with Gasteiger partial charge in [-0.3, -0.25) is 0 Å². The number of benzene rings is 1. The van der Waals surface area contributed by atoms with Crippen molar-refractivity contribution in [2.24, 2.45) is 11.7 Å². The largest absolute Gasteiger partial charge is 0.497 e. The van der Waals surface area contributed by atoms with Crippen LogP contribution in [0.15, 0.2) is 18.2 Å². The fourth-order valence-electron chi connectivity index (χ4n) is 2.78. The summed E-state index contributed by atoms with van der Waals surface area (Å²) in [4.78, 5) is 0. The zero-order valence-corrected chi connectivity index (χ0v) is 12.4. The Bertz CT molecular complexity index is 639. The molecule has 1 aliphatic heterocycles. The Morgan fingerprint density at radius 3 is 2.86 bits per heavy atom. The highest BCUT2D eigenvalue weighted by Gasteiger charge is 2.24. The van der Waals surface area contributed by atoms with Crippen LogP contribution in [0.25, 0.3) is 11.4 Å². The number of rotatable bonds is 4. The Morgan fingerprint density at radius 1 is 1.29 bits per heavy atom. The first kappa shape index (κ1) is 13.9. The second-order valence-corrected chi connectivity index (χ2v) is 5.25. The van der Waals surface area contributed by atoms with Gasteiger partial charge in [0.1, 0.15) is 17.3 Å². The van der Waals surface area contributed by atoms with Crippen molar-refractivity contribution in [1.29, 1.82) is 0 Å². The Hall–Kier alpha value is -2.08. The lowest BCUT2D eigenvalue weighted by Gasteiger charge is -2.22. The third-order valence-electron chi connectivity index (χ3n) is 4.04. The van der Waals surface area contributed by atoms with Gasteiger partial charge in [0.15, 0.2) is 5.82 Å². The van der Waals surface area contributed by atoms with Crippen LogP contribution in [-0.2, 0) is 13.0 Å². The number of hydrogen-bond acceptors (Lipinski definition) is 5. The van der Waals surface area contributed by atoms with E-state index in [4.69, 9.17) is 15.2 Å². The third kappa shape index (κ3) is 2.47. The summed E-state index contributed by atoms with van der Waals surface area (Å²) in [6, 6.07) is 5.70. The highest BCUT2D eigenvalue weighted by molar-refractivity contribution is 5.66.